The van der Waals surface area contributed by atoms with Gasteiger partial charge in [-0.25, -0.2) is 14.1 Å². The Labute approximate surface area is 252 Å². The van der Waals surface area contributed by atoms with E-state index in [2.05, 4.69) is 60.5 Å². The first-order valence-electron chi connectivity index (χ1n) is 15.6. The summed E-state index contributed by atoms with van der Waals surface area (Å²) < 4.78 is 20.8. The van der Waals surface area contributed by atoms with Gasteiger partial charge in [0.05, 0.1) is 24.7 Å². The number of guanidine groups is 1. The lowest BCUT2D eigenvalue weighted by Crippen LogP contribution is -2.64. The average molecular weight is 590 g/mol. The van der Waals surface area contributed by atoms with Gasteiger partial charge >= 0.3 is 0 Å². The summed E-state index contributed by atoms with van der Waals surface area (Å²) in [5.41, 5.74) is 1.88. The van der Waals surface area contributed by atoms with E-state index in [1.54, 1.807) is 18.2 Å². The van der Waals surface area contributed by atoms with E-state index in [0.717, 1.165) is 43.0 Å². The Bertz CT molecular complexity index is 1580. The van der Waals surface area contributed by atoms with Gasteiger partial charge in [-0.05, 0) is 86.1 Å². The van der Waals surface area contributed by atoms with Crippen LogP contribution in [-0.2, 0) is 13.0 Å². The number of aromatic nitrogens is 3. The molecule has 2 bridgehead atoms. The number of methoxy groups -OCH3 is 1. The first kappa shape index (κ1) is 29.5. The van der Waals surface area contributed by atoms with Gasteiger partial charge < -0.3 is 20.3 Å². The Morgan fingerprint density at radius 3 is 2.58 bits per heavy atom. The van der Waals surface area contributed by atoms with Crippen LogP contribution in [-0.4, -0.2) is 64.2 Å². The Morgan fingerprint density at radius 2 is 1.91 bits per heavy atom. The number of rotatable bonds is 6. The van der Waals surface area contributed by atoms with E-state index < -0.39 is 0 Å². The highest BCUT2D eigenvalue weighted by molar-refractivity contribution is 5.86. The monoisotopic (exact) mass is 589 g/mol. The molecule has 9 nitrogen and oxygen atoms in total. The molecule has 3 aliphatic carbocycles. The van der Waals surface area contributed by atoms with Gasteiger partial charge in [-0.1, -0.05) is 32.1 Å². The summed E-state index contributed by atoms with van der Waals surface area (Å²) in [5.74, 6) is 3.01. The number of aryl methyl sites for hydroxylation is 2. The van der Waals surface area contributed by atoms with Gasteiger partial charge in [0, 0.05) is 37.3 Å². The molecular formula is C33H44FN7O2. The molecule has 230 valence electrons. The molecule has 4 fully saturated rings. The van der Waals surface area contributed by atoms with Crippen LogP contribution in [0.5, 0.6) is 5.75 Å². The second-order valence-corrected chi connectivity index (χ2v) is 13.5. The molecule has 0 spiro atoms. The lowest BCUT2D eigenvalue weighted by molar-refractivity contribution is -0.112. The van der Waals surface area contributed by atoms with E-state index in [-0.39, 0.29) is 17.9 Å². The third kappa shape index (κ3) is 5.73. The van der Waals surface area contributed by atoms with Gasteiger partial charge in [-0.15, -0.1) is 5.10 Å². The molecule has 1 aliphatic heterocycles. The van der Waals surface area contributed by atoms with Crippen LogP contribution in [0.3, 0.4) is 0 Å². The van der Waals surface area contributed by atoms with Crippen molar-refractivity contribution in [2.45, 2.75) is 78.6 Å². The third-order valence-electron chi connectivity index (χ3n) is 10.3. The van der Waals surface area contributed by atoms with Gasteiger partial charge in [0.2, 0.25) is 0 Å². The highest BCUT2D eigenvalue weighted by Gasteiger charge is 2.56. The van der Waals surface area contributed by atoms with Crippen molar-refractivity contribution in [3.05, 3.63) is 58.1 Å². The number of ether oxygens (including phenoxy) is 1. The molecule has 2 heterocycles. The van der Waals surface area contributed by atoms with Crippen LogP contribution in [0.1, 0.15) is 53.0 Å². The molecule has 0 radical (unpaired) electrons. The summed E-state index contributed by atoms with van der Waals surface area (Å²) in [6.07, 6.45) is 2.80. The molecule has 43 heavy (non-hydrogen) atoms. The van der Waals surface area contributed by atoms with Gasteiger partial charge in [0.15, 0.2) is 5.96 Å². The minimum Gasteiger partial charge on any atom is -0.497 e. The average Bonchev–Trinajstić information content (AvgIpc) is 2.97. The van der Waals surface area contributed by atoms with E-state index in [1.807, 2.05) is 12.1 Å². The quantitative estimate of drug-likeness (QED) is 0.323. The van der Waals surface area contributed by atoms with E-state index in [4.69, 9.17) is 9.73 Å². The summed E-state index contributed by atoms with van der Waals surface area (Å²) in [4.78, 5) is 20.7. The lowest BCUT2D eigenvalue weighted by Gasteiger charge is -2.62. The zero-order chi connectivity index (χ0) is 30.5. The van der Waals surface area contributed by atoms with Crippen molar-refractivity contribution < 1.29 is 9.13 Å². The molecule has 1 saturated heterocycles. The Hall–Kier alpha value is -3.53. The number of aliphatic imine (C=N–C) groups is 1. The fraction of sp³-hybridized carbons (Fsp3) is 0.576. The predicted octanol–water partition coefficient (Wildman–Crippen LogP) is 4.51. The van der Waals surface area contributed by atoms with E-state index in [0.29, 0.717) is 58.1 Å². The predicted molar refractivity (Wildman–Crippen MR) is 167 cm³/mol. The van der Waals surface area contributed by atoms with Crippen molar-refractivity contribution in [1.82, 2.24) is 30.5 Å². The Balaban J connectivity index is 1.25. The number of hydrogen-bond donors (Lipinski definition) is 2. The van der Waals surface area contributed by atoms with Crippen LogP contribution in [0.2, 0.25) is 0 Å². The molecule has 6 atom stereocenters. The van der Waals surface area contributed by atoms with E-state index in [9.17, 15) is 9.18 Å². The van der Waals surface area contributed by atoms with Crippen LogP contribution in [0.25, 0.3) is 10.9 Å². The molecule has 10 heteroatoms. The van der Waals surface area contributed by atoms with Gasteiger partial charge in [-0.3, -0.25) is 4.79 Å². The number of halogens is 1. The van der Waals surface area contributed by atoms with Gasteiger partial charge in [0.1, 0.15) is 17.1 Å². The second-order valence-electron chi connectivity index (χ2n) is 13.5. The minimum absolute atomic E-state index is 0.219. The number of piperazine rings is 1. The van der Waals surface area contributed by atoms with Crippen molar-refractivity contribution in [3.8, 4) is 5.75 Å². The van der Waals surface area contributed by atoms with Crippen molar-refractivity contribution in [3.63, 3.8) is 0 Å². The number of hydrogen-bond acceptors (Lipinski definition) is 6. The van der Waals surface area contributed by atoms with Gasteiger partial charge in [-0.2, -0.15) is 0 Å². The summed E-state index contributed by atoms with van der Waals surface area (Å²) in [7, 11) is 1.50. The highest BCUT2D eigenvalue weighted by Crippen LogP contribution is 2.61. The summed E-state index contributed by atoms with van der Waals surface area (Å²) >= 11 is 0. The van der Waals surface area contributed by atoms with Crippen molar-refractivity contribution in [1.29, 1.82) is 0 Å². The minimum atomic E-state index is -0.371. The maximum atomic E-state index is 14.4. The topological polar surface area (TPSA) is 96.7 Å². The molecule has 1 aromatic heterocycles. The first-order valence-corrected chi connectivity index (χ1v) is 15.6. The fourth-order valence-corrected chi connectivity index (χ4v) is 7.69. The fourth-order valence-electron chi connectivity index (χ4n) is 7.69. The lowest BCUT2D eigenvalue weighted by atomic mass is 9.45. The SMILES string of the molecule is COc1ccc(CCn2nnc3cc(N=C(N[C@H]4C[C@@H]5C[C@@H]([C@H]4C)C5(C)C)N4C[C@@H](C)N[C@@H](C)C4)ccc3c2=O)c(F)c1. The van der Waals surface area contributed by atoms with Crippen molar-refractivity contribution >= 4 is 22.5 Å². The van der Waals surface area contributed by atoms with Crippen LogP contribution in [0.4, 0.5) is 10.1 Å². The number of nitrogens with zero attached hydrogens (tertiary/aromatic N) is 5. The highest BCUT2D eigenvalue weighted by atomic mass is 19.1. The molecule has 4 aliphatic rings. The van der Waals surface area contributed by atoms with Crippen molar-refractivity contribution in [2.24, 2.45) is 28.2 Å². The standard InChI is InChI=1S/C33H44FN7O2/c1-19-17-40(18-20(2)35-19)32(37-29-14-23-13-27(21(29)3)33(23,4)5)36-24-8-10-26-30(15-24)38-39-41(31(26)42)12-11-22-7-9-25(43-6)16-28(22)34/h7-10,15-16,19-21,23,27,29,35H,11-14,17-18H2,1-6H3,(H,36,37)/t19-,20+,21-,23+,27+,29+/m1/s1. The molecule has 0 amide bonds. The molecule has 2 N–H and O–H groups in total. The van der Waals surface area contributed by atoms with E-state index in [1.165, 1.54) is 24.3 Å². The van der Waals surface area contributed by atoms with Crippen LogP contribution in [0, 0.1) is 29.0 Å². The van der Waals surface area contributed by atoms with Crippen LogP contribution >= 0.6 is 0 Å². The Kier molecular flexibility index (Phi) is 7.91. The molecule has 3 aromatic rings. The zero-order valence-corrected chi connectivity index (χ0v) is 26.1. The van der Waals surface area contributed by atoms with Gasteiger partial charge in [0.25, 0.3) is 5.56 Å². The molecular weight excluding hydrogens is 545 g/mol. The van der Waals surface area contributed by atoms with Crippen molar-refractivity contribution in [2.75, 3.05) is 20.2 Å². The number of benzene rings is 2. The summed E-state index contributed by atoms with van der Waals surface area (Å²) in [6.45, 7) is 13.6. The smallest absolute Gasteiger partial charge is 0.277 e. The summed E-state index contributed by atoms with van der Waals surface area (Å²) in [6, 6.07) is 11.3. The third-order valence-corrected chi connectivity index (χ3v) is 10.3. The molecule has 7 rings (SSSR count). The largest absolute Gasteiger partial charge is 0.497 e. The van der Waals surface area contributed by atoms with Crippen LogP contribution < -0.4 is 20.9 Å². The summed E-state index contributed by atoms with van der Waals surface area (Å²) in [5, 5.41) is 16.5. The number of nitrogens with one attached hydrogen (secondary N) is 2. The second kappa shape index (κ2) is 11.5. The normalized spacial score (nSPS) is 28.4. The maximum Gasteiger partial charge on any atom is 0.277 e. The first-order chi connectivity index (χ1) is 20.5. The zero-order valence-electron chi connectivity index (χ0n) is 26.1. The molecule has 2 aromatic carbocycles. The Morgan fingerprint density at radius 1 is 1.14 bits per heavy atom. The number of fused-ring (bicyclic) bond motifs is 3. The van der Waals surface area contributed by atoms with Crippen LogP contribution in [0.15, 0.2) is 46.2 Å². The molecule has 3 saturated carbocycles. The maximum absolute atomic E-state index is 14.4. The van der Waals surface area contributed by atoms with E-state index >= 15 is 0 Å². The molecule has 0 unspecified atom stereocenters.